The van der Waals surface area contributed by atoms with Crippen LogP contribution in [0.5, 0.6) is 0 Å². The van der Waals surface area contributed by atoms with Gasteiger partial charge in [-0.3, -0.25) is 0 Å². The quantitative estimate of drug-likeness (QED) is 0.230. The Labute approximate surface area is 208 Å². The van der Waals surface area contributed by atoms with Gasteiger partial charge in [0.2, 0.25) is 0 Å². The predicted octanol–water partition coefficient (Wildman–Crippen LogP) is 5.78. The first-order valence-electron chi connectivity index (χ1n) is 12.7. The number of hydrogen-bond acceptors (Lipinski definition) is 0. The Bertz CT molecular complexity index is 1500. The van der Waals surface area contributed by atoms with Crippen molar-refractivity contribution < 1.29 is 0 Å². The second-order valence-electron chi connectivity index (χ2n) is 10.2. The van der Waals surface area contributed by atoms with Crippen LogP contribution in [-0.2, 0) is 12.8 Å². The molecule has 2 aliphatic rings. The number of rotatable bonds is 3. The highest BCUT2D eigenvalue weighted by Crippen LogP contribution is 2.47. The zero-order valence-electron chi connectivity index (χ0n) is 20.0. The molecule has 1 heteroatoms. The zero-order valence-corrected chi connectivity index (χ0v) is 21.0. The maximum atomic E-state index is 2.56. The van der Waals surface area contributed by atoms with Gasteiger partial charge in [0, 0.05) is 5.92 Å². The van der Waals surface area contributed by atoms with E-state index < -0.39 is 8.07 Å². The maximum Gasteiger partial charge on any atom is 0.145 e. The number of hydrogen-bond donors (Lipinski definition) is 0. The molecule has 1 unspecified atom stereocenters. The first-order chi connectivity index (χ1) is 17.2. The highest BCUT2D eigenvalue weighted by Gasteiger charge is 2.41. The Morgan fingerprint density at radius 1 is 0.514 bits per heavy atom. The molecule has 0 spiro atoms. The Balaban J connectivity index is 1.55. The molecule has 1 atom stereocenters. The van der Waals surface area contributed by atoms with E-state index >= 15 is 0 Å². The fourth-order valence-corrected chi connectivity index (χ4v) is 10.7. The van der Waals surface area contributed by atoms with Crippen LogP contribution in [0.3, 0.4) is 0 Å². The van der Waals surface area contributed by atoms with Crippen LogP contribution in [0.4, 0.5) is 0 Å². The minimum absolute atomic E-state index is 0.333. The number of fused-ring (bicyclic) bond motifs is 4. The van der Waals surface area contributed by atoms with Crippen LogP contribution >= 0.6 is 0 Å². The first-order valence-corrected chi connectivity index (χ1v) is 15.2. The van der Waals surface area contributed by atoms with Crippen LogP contribution in [0.25, 0.3) is 0 Å². The summed E-state index contributed by atoms with van der Waals surface area (Å²) in [6, 6.07) is 45.8. The van der Waals surface area contributed by atoms with E-state index in [-0.39, 0.29) is 0 Å². The van der Waals surface area contributed by atoms with Crippen molar-refractivity contribution in [2.45, 2.75) is 25.3 Å². The van der Waals surface area contributed by atoms with Gasteiger partial charge in [-0.2, -0.15) is 0 Å². The van der Waals surface area contributed by atoms with Crippen molar-refractivity contribution in [3.8, 4) is 0 Å². The second-order valence-corrected chi connectivity index (χ2v) is 14.1. The van der Waals surface area contributed by atoms with E-state index in [4.69, 9.17) is 0 Å². The number of benzene rings is 5. The standard InChI is InChI=1S/C34H28Si/c1-35(27-14-4-2-5-15-27,28-16-6-3-7-17-28)32-21-20-26-22-24-12-8-10-18-29(24)34-30-19-11-9-13-25(30)23-31(32)33(26)34/h2-21,34H,22-23H2,1H3. The maximum absolute atomic E-state index is 2.56. The molecule has 7 rings (SSSR count). The molecule has 0 saturated heterocycles. The molecule has 0 nitrogen and oxygen atoms in total. The van der Waals surface area contributed by atoms with Crippen LogP contribution in [0.2, 0.25) is 6.55 Å². The van der Waals surface area contributed by atoms with Gasteiger partial charge in [-0.15, -0.1) is 0 Å². The molecule has 0 saturated carbocycles. The molecule has 168 valence electrons. The summed E-state index contributed by atoms with van der Waals surface area (Å²) in [7, 11) is -2.21. The lowest BCUT2D eigenvalue weighted by molar-refractivity contribution is 0.828. The van der Waals surface area contributed by atoms with Gasteiger partial charge in [-0.05, 0) is 67.3 Å². The zero-order chi connectivity index (χ0) is 23.4. The molecule has 0 aliphatic heterocycles. The van der Waals surface area contributed by atoms with Crippen LogP contribution in [0.1, 0.15) is 44.9 Å². The predicted molar refractivity (Wildman–Crippen MR) is 149 cm³/mol. The van der Waals surface area contributed by atoms with Gasteiger partial charge < -0.3 is 0 Å². The smallest absolute Gasteiger partial charge is 0.0624 e. The molecule has 0 bridgehead atoms. The van der Waals surface area contributed by atoms with Crippen molar-refractivity contribution in [3.05, 3.63) is 160 Å². The lowest BCUT2D eigenvalue weighted by atomic mass is 9.68. The molecule has 5 aromatic rings. The molecule has 2 aliphatic carbocycles. The Morgan fingerprint density at radius 2 is 1.03 bits per heavy atom. The van der Waals surface area contributed by atoms with Gasteiger partial charge in [0.25, 0.3) is 0 Å². The summed E-state index contributed by atoms with van der Waals surface area (Å²) in [5.41, 5.74) is 10.6. The summed E-state index contributed by atoms with van der Waals surface area (Å²) in [5, 5.41) is 4.54. The summed E-state index contributed by atoms with van der Waals surface area (Å²) in [4.78, 5) is 0. The Morgan fingerprint density at radius 3 is 1.63 bits per heavy atom. The van der Waals surface area contributed by atoms with Crippen molar-refractivity contribution in [1.82, 2.24) is 0 Å². The second kappa shape index (κ2) is 7.93. The molecule has 0 aromatic heterocycles. The van der Waals surface area contributed by atoms with Crippen LogP contribution in [-0.4, -0.2) is 8.07 Å². The van der Waals surface area contributed by atoms with E-state index in [1.807, 2.05) is 0 Å². The molecule has 0 radical (unpaired) electrons. The molecular weight excluding hydrogens is 436 g/mol. The molecule has 0 fully saturated rings. The Kier molecular flexibility index (Phi) is 4.68. The topological polar surface area (TPSA) is 0 Å². The summed E-state index contributed by atoms with van der Waals surface area (Å²) >= 11 is 0. The summed E-state index contributed by atoms with van der Waals surface area (Å²) < 4.78 is 0. The van der Waals surface area contributed by atoms with Crippen molar-refractivity contribution in [3.63, 3.8) is 0 Å². The first kappa shape index (κ1) is 20.7. The minimum atomic E-state index is -2.21. The minimum Gasteiger partial charge on any atom is -0.0624 e. The highest BCUT2D eigenvalue weighted by atomic mass is 28.3. The van der Waals surface area contributed by atoms with Gasteiger partial charge in [-0.1, -0.05) is 128 Å². The molecule has 35 heavy (non-hydrogen) atoms. The lowest BCUT2D eigenvalue weighted by Gasteiger charge is -2.40. The van der Waals surface area contributed by atoms with Crippen LogP contribution in [0, 0.1) is 0 Å². The van der Waals surface area contributed by atoms with E-state index in [0.717, 1.165) is 12.8 Å². The monoisotopic (exact) mass is 464 g/mol. The third-order valence-electron chi connectivity index (χ3n) is 8.46. The third-order valence-corrected chi connectivity index (χ3v) is 13.0. The fourth-order valence-electron chi connectivity index (χ4n) is 6.73. The lowest BCUT2D eigenvalue weighted by Crippen LogP contribution is -2.66. The van der Waals surface area contributed by atoms with E-state index in [2.05, 4.69) is 128 Å². The fraction of sp³-hybridized carbons (Fsp3) is 0.118. The van der Waals surface area contributed by atoms with Crippen molar-refractivity contribution >= 4 is 23.6 Å². The third kappa shape index (κ3) is 3.05. The average molecular weight is 465 g/mol. The summed E-state index contributed by atoms with van der Waals surface area (Å²) in [6.07, 6.45) is 2.06. The highest BCUT2D eigenvalue weighted by molar-refractivity contribution is 7.10. The summed E-state index contributed by atoms with van der Waals surface area (Å²) in [6.45, 7) is 2.56. The Hall–Kier alpha value is -3.68. The van der Waals surface area contributed by atoms with Gasteiger partial charge >= 0.3 is 0 Å². The van der Waals surface area contributed by atoms with Crippen LogP contribution in [0.15, 0.2) is 121 Å². The normalized spacial score (nSPS) is 15.6. The molecule has 0 heterocycles. The molecule has 5 aromatic carbocycles. The van der Waals surface area contributed by atoms with E-state index in [1.54, 1.807) is 16.3 Å². The molecular formula is C34H28Si. The van der Waals surface area contributed by atoms with Gasteiger partial charge in [0.1, 0.15) is 8.07 Å². The van der Waals surface area contributed by atoms with Gasteiger partial charge in [0.15, 0.2) is 0 Å². The molecule has 0 amide bonds. The average Bonchev–Trinajstić information content (AvgIpc) is 2.93. The van der Waals surface area contributed by atoms with Gasteiger partial charge in [-0.25, -0.2) is 0 Å². The largest absolute Gasteiger partial charge is 0.145 e. The van der Waals surface area contributed by atoms with E-state index in [1.165, 1.54) is 38.2 Å². The van der Waals surface area contributed by atoms with Crippen LogP contribution < -0.4 is 15.6 Å². The summed E-state index contributed by atoms with van der Waals surface area (Å²) in [5.74, 6) is 0.333. The van der Waals surface area contributed by atoms with Crippen molar-refractivity contribution in [1.29, 1.82) is 0 Å². The SMILES string of the molecule is C[Si](c1ccccc1)(c1ccccc1)c1ccc2c3c1Cc1ccccc1C3c1ccccc1C2. The van der Waals surface area contributed by atoms with E-state index in [0.29, 0.717) is 5.92 Å². The molecule has 0 N–H and O–H groups in total. The van der Waals surface area contributed by atoms with Crippen molar-refractivity contribution in [2.75, 3.05) is 0 Å². The van der Waals surface area contributed by atoms with E-state index in [9.17, 15) is 0 Å². The van der Waals surface area contributed by atoms with Gasteiger partial charge in [0.05, 0.1) is 0 Å². The van der Waals surface area contributed by atoms with Crippen molar-refractivity contribution in [2.24, 2.45) is 0 Å².